The number of methoxy groups -OCH3 is 1. The molecule has 0 N–H and O–H groups in total. The number of carbonyl (C=O) groups excluding carboxylic acids is 1. The average molecular weight is 409 g/mol. The Hall–Kier alpha value is -3.06. The summed E-state index contributed by atoms with van der Waals surface area (Å²) in [6, 6.07) is 17.2. The van der Waals surface area contributed by atoms with Crippen LogP contribution in [0.1, 0.15) is 6.92 Å². The lowest BCUT2D eigenvalue weighted by molar-refractivity contribution is -0.117. The fourth-order valence-electron chi connectivity index (χ4n) is 2.96. The van der Waals surface area contributed by atoms with Crippen LogP contribution in [0.2, 0.25) is 0 Å². The molecule has 1 heterocycles. The lowest BCUT2D eigenvalue weighted by Gasteiger charge is -2.21. The quantitative estimate of drug-likeness (QED) is 0.411. The molecular formula is C22H24N4O2S. The van der Waals surface area contributed by atoms with E-state index in [1.807, 2.05) is 66.1 Å². The van der Waals surface area contributed by atoms with Crippen LogP contribution in [0, 0.1) is 0 Å². The van der Waals surface area contributed by atoms with Crippen molar-refractivity contribution in [2.75, 3.05) is 19.1 Å². The van der Waals surface area contributed by atoms with Gasteiger partial charge in [-0.25, -0.2) is 0 Å². The second-order valence-corrected chi connectivity index (χ2v) is 7.71. The van der Waals surface area contributed by atoms with Crippen LogP contribution in [0.3, 0.4) is 0 Å². The molecule has 0 aliphatic heterocycles. The molecule has 1 aromatic heterocycles. The lowest BCUT2D eigenvalue weighted by Crippen LogP contribution is -2.33. The average Bonchev–Trinajstić information content (AvgIpc) is 3.15. The number of aromatic nitrogens is 3. The van der Waals surface area contributed by atoms with E-state index in [2.05, 4.69) is 16.8 Å². The van der Waals surface area contributed by atoms with Gasteiger partial charge in [0.2, 0.25) is 5.91 Å². The second kappa shape index (κ2) is 9.43. The molecule has 0 saturated carbocycles. The Bertz CT molecular complexity index is 987. The first kappa shape index (κ1) is 20.7. The van der Waals surface area contributed by atoms with E-state index in [-0.39, 0.29) is 11.2 Å². The maximum atomic E-state index is 12.9. The maximum Gasteiger partial charge on any atom is 0.240 e. The molecule has 150 valence electrons. The van der Waals surface area contributed by atoms with Gasteiger partial charge in [-0.2, -0.15) is 0 Å². The summed E-state index contributed by atoms with van der Waals surface area (Å²) >= 11 is 1.38. The number of ether oxygens (including phenoxy) is 1. The third-order valence-corrected chi connectivity index (χ3v) is 5.55. The topological polar surface area (TPSA) is 60.2 Å². The van der Waals surface area contributed by atoms with E-state index < -0.39 is 0 Å². The summed E-state index contributed by atoms with van der Waals surface area (Å²) in [6.45, 7) is 6.25. The zero-order valence-corrected chi connectivity index (χ0v) is 17.6. The van der Waals surface area contributed by atoms with Crippen LogP contribution in [0.15, 0.2) is 72.4 Å². The van der Waals surface area contributed by atoms with E-state index in [4.69, 9.17) is 4.74 Å². The third-order valence-electron chi connectivity index (χ3n) is 4.48. The molecule has 0 radical (unpaired) electrons. The van der Waals surface area contributed by atoms with Crippen LogP contribution in [0.4, 0.5) is 5.69 Å². The van der Waals surface area contributed by atoms with Crippen molar-refractivity contribution in [3.63, 3.8) is 0 Å². The van der Waals surface area contributed by atoms with E-state index in [0.717, 1.165) is 17.0 Å². The van der Waals surface area contributed by atoms with Gasteiger partial charge in [-0.15, -0.1) is 16.8 Å². The van der Waals surface area contributed by atoms with Gasteiger partial charge >= 0.3 is 0 Å². The van der Waals surface area contributed by atoms with Crippen LogP contribution in [-0.4, -0.2) is 40.1 Å². The Morgan fingerprint density at radius 1 is 1.21 bits per heavy atom. The molecule has 3 rings (SSSR count). The number of carbonyl (C=O) groups is 1. The molecular weight excluding hydrogens is 384 g/mol. The molecule has 0 aliphatic rings. The van der Waals surface area contributed by atoms with Crippen LogP contribution in [0.5, 0.6) is 5.75 Å². The van der Waals surface area contributed by atoms with Gasteiger partial charge in [0.05, 0.1) is 17.9 Å². The molecule has 0 fully saturated rings. The highest BCUT2D eigenvalue weighted by Gasteiger charge is 2.24. The predicted molar refractivity (Wildman–Crippen MR) is 117 cm³/mol. The van der Waals surface area contributed by atoms with Crippen LogP contribution < -0.4 is 9.64 Å². The molecule has 0 unspecified atom stereocenters. The van der Waals surface area contributed by atoms with E-state index >= 15 is 0 Å². The molecule has 2 aromatic carbocycles. The first-order chi connectivity index (χ1) is 14.1. The number of anilines is 1. The third kappa shape index (κ3) is 4.51. The highest BCUT2D eigenvalue weighted by atomic mass is 32.2. The molecule has 0 aliphatic carbocycles. The largest absolute Gasteiger partial charge is 0.496 e. The summed E-state index contributed by atoms with van der Waals surface area (Å²) in [5, 5.41) is 9.04. The van der Waals surface area contributed by atoms with Crippen LogP contribution in [0.25, 0.3) is 11.4 Å². The van der Waals surface area contributed by atoms with Crippen molar-refractivity contribution >= 4 is 23.4 Å². The zero-order valence-electron chi connectivity index (χ0n) is 16.8. The van der Waals surface area contributed by atoms with Gasteiger partial charge in [-0.3, -0.25) is 9.36 Å². The molecule has 7 heteroatoms. The Labute approximate surface area is 175 Å². The zero-order chi connectivity index (χ0) is 20.8. The van der Waals surface area contributed by atoms with E-state index in [1.165, 1.54) is 11.8 Å². The number of benzene rings is 2. The summed E-state index contributed by atoms with van der Waals surface area (Å²) in [7, 11) is 3.41. The Kier molecular flexibility index (Phi) is 6.72. The SMILES string of the molecule is C=CCn1c(S[C@H](C)C(=O)N(C)c2ccccc2)nnc1-c1ccccc1OC. The summed E-state index contributed by atoms with van der Waals surface area (Å²) in [5.41, 5.74) is 1.70. The number of nitrogens with zero attached hydrogens (tertiary/aromatic N) is 4. The Morgan fingerprint density at radius 3 is 2.59 bits per heavy atom. The summed E-state index contributed by atoms with van der Waals surface area (Å²) in [6.07, 6.45) is 1.79. The molecule has 0 bridgehead atoms. The molecule has 29 heavy (non-hydrogen) atoms. The van der Waals surface area contributed by atoms with Gasteiger partial charge in [0.1, 0.15) is 5.75 Å². The fourth-order valence-corrected chi connectivity index (χ4v) is 3.91. The number of para-hydroxylation sites is 2. The molecule has 6 nitrogen and oxygen atoms in total. The maximum absolute atomic E-state index is 12.9. The standard InChI is InChI=1S/C22H24N4O2S/c1-5-15-26-20(18-13-9-10-14-19(18)28-4)23-24-22(26)29-16(2)21(27)25(3)17-11-7-6-8-12-17/h5-14,16H,1,15H2,2-4H3/t16-/m1/s1. The minimum Gasteiger partial charge on any atom is -0.496 e. The summed E-state index contributed by atoms with van der Waals surface area (Å²) in [4.78, 5) is 14.6. The van der Waals surface area contributed by atoms with Gasteiger partial charge in [0.25, 0.3) is 0 Å². The van der Waals surface area contributed by atoms with Crippen molar-refractivity contribution < 1.29 is 9.53 Å². The molecule has 1 atom stereocenters. The van der Waals surface area contributed by atoms with Crippen molar-refractivity contribution in [3.8, 4) is 17.1 Å². The summed E-state index contributed by atoms with van der Waals surface area (Å²) in [5.74, 6) is 1.39. The van der Waals surface area contributed by atoms with Crippen LogP contribution in [-0.2, 0) is 11.3 Å². The van der Waals surface area contributed by atoms with Gasteiger partial charge in [0, 0.05) is 19.3 Å². The monoisotopic (exact) mass is 408 g/mol. The van der Waals surface area contributed by atoms with Crippen molar-refractivity contribution in [3.05, 3.63) is 67.3 Å². The Balaban J connectivity index is 1.86. The van der Waals surface area contributed by atoms with Gasteiger partial charge in [-0.05, 0) is 31.2 Å². The minimum atomic E-state index is -0.335. The van der Waals surface area contributed by atoms with E-state index in [0.29, 0.717) is 17.5 Å². The number of rotatable bonds is 8. The van der Waals surface area contributed by atoms with Crippen molar-refractivity contribution in [1.29, 1.82) is 0 Å². The first-order valence-corrected chi connectivity index (χ1v) is 10.1. The van der Waals surface area contributed by atoms with Crippen molar-refractivity contribution in [2.24, 2.45) is 0 Å². The highest BCUT2D eigenvalue weighted by Crippen LogP contribution is 2.32. The smallest absolute Gasteiger partial charge is 0.240 e. The lowest BCUT2D eigenvalue weighted by atomic mass is 10.2. The molecule has 0 saturated heterocycles. The second-order valence-electron chi connectivity index (χ2n) is 6.40. The number of allylic oxidation sites excluding steroid dienone is 1. The number of hydrogen-bond acceptors (Lipinski definition) is 5. The minimum absolute atomic E-state index is 0.00630. The van der Waals surface area contributed by atoms with Gasteiger partial charge in [-0.1, -0.05) is 48.2 Å². The van der Waals surface area contributed by atoms with Crippen LogP contribution >= 0.6 is 11.8 Å². The number of thioether (sulfide) groups is 1. The number of hydrogen-bond donors (Lipinski definition) is 0. The molecule has 1 amide bonds. The predicted octanol–water partition coefficient (Wildman–Crippen LogP) is 4.28. The Morgan fingerprint density at radius 2 is 1.90 bits per heavy atom. The van der Waals surface area contributed by atoms with Crippen molar-refractivity contribution in [2.45, 2.75) is 23.9 Å². The normalized spacial score (nSPS) is 11.7. The molecule has 0 spiro atoms. The molecule has 3 aromatic rings. The van der Waals surface area contributed by atoms with Gasteiger partial charge < -0.3 is 9.64 Å². The van der Waals surface area contributed by atoms with Gasteiger partial charge in [0.15, 0.2) is 11.0 Å². The fraction of sp³-hybridized carbons (Fsp3) is 0.227. The number of amides is 1. The summed E-state index contributed by atoms with van der Waals surface area (Å²) < 4.78 is 7.41. The first-order valence-electron chi connectivity index (χ1n) is 9.23. The highest BCUT2D eigenvalue weighted by molar-refractivity contribution is 8.00. The van der Waals surface area contributed by atoms with E-state index in [9.17, 15) is 4.79 Å². The van der Waals surface area contributed by atoms with E-state index in [1.54, 1.807) is 25.1 Å². The van der Waals surface area contributed by atoms with Crippen molar-refractivity contribution in [1.82, 2.24) is 14.8 Å².